The van der Waals surface area contributed by atoms with Crippen LogP contribution in [0.4, 0.5) is 11.4 Å². The van der Waals surface area contributed by atoms with Crippen LogP contribution < -0.4 is 5.56 Å². The number of methoxy groups -OCH3 is 1. The molecule has 0 unspecified atom stereocenters. The maximum atomic E-state index is 13.5. The van der Waals surface area contributed by atoms with Crippen molar-refractivity contribution in [3.63, 3.8) is 0 Å². The van der Waals surface area contributed by atoms with E-state index in [2.05, 4.69) is 10.1 Å². The highest BCUT2D eigenvalue weighted by molar-refractivity contribution is 6.06. The van der Waals surface area contributed by atoms with Gasteiger partial charge < -0.3 is 4.74 Å². The van der Waals surface area contributed by atoms with E-state index in [1.165, 1.54) is 36.1 Å². The molecule has 1 N–H and O–H groups in total. The van der Waals surface area contributed by atoms with Gasteiger partial charge in [-0.15, -0.1) is 0 Å². The van der Waals surface area contributed by atoms with Crippen LogP contribution in [-0.4, -0.2) is 33.5 Å². The van der Waals surface area contributed by atoms with Gasteiger partial charge in [0.1, 0.15) is 0 Å². The number of nitro groups is 1. The number of aromatic nitrogens is 2. The van der Waals surface area contributed by atoms with E-state index < -0.39 is 10.9 Å². The maximum absolute atomic E-state index is 13.5. The Balaban J connectivity index is 1.90. The number of carbonyl (C=O) groups excluding carboxylic acids is 1. The van der Waals surface area contributed by atoms with Gasteiger partial charge in [0, 0.05) is 17.7 Å². The Labute approximate surface area is 194 Å². The smallest absolute Gasteiger partial charge is 0.340 e. The average molecular weight is 456 g/mol. The van der Waals surface area contributed by atoms with E-state index in [0.717, 1.165) is 5.56 Å². The van der Waals surface area contributed by atoms with Gasteiger partial charge >= 0.3 is 5.97 Å². The van der Waals surface area contributed by atoms with Crippen molar-refractivity contribution in [2.24, 2.45) is 4.99 Å². The van der Waals surface area contributed by atoms with Gasteiger partial charge in [0.25, 0.3) is 11.2 Å². The van der Waals surface area contributed by atoms with Gasteiger partial charge in [-0.05, 0) is 31.2 Å². The lowest BCUT2D eigenvalue weighted by Gasteiger charge is -2.06. The summed E-state index contributed by atoms with van der Waals surface area (Å²) in [6.07, 6.45) is 0. The van der Waals surface area contributed by atoms with Crippen molar-refractivity contribution >= 4 is 23.1 Å². The molecule has 0 spiro atoms. The summed E-state index contributed by atoms with van der Waals surface area (Å²) >= 11 is 0. The summed E-state index contributed by atoms with van der Waals surface area (Å²) in [5.74, 6) is -0.534. The number of rotatable bonds is 6. The number of non-ortho nitro benzene ring substituents is 1. The first-order valence-corrected chi connectivity index (χ1v) is 10.3. The highest BCUT2D eigenvalue weighted by Crippen LogP contribution is 2.25. The molecule has 4 aromatic rings. The van der Waals surface area contributed by atoms with Crippen molar-refractivity contribution in [2.45, 2.75) is 6.92 Å². The Bertz CT molecular complexity index is 1450. The van der Waals surface area contributed by atoms with E-state index in [9.17, 15) is 19.7 Å². The van der Waals surface area contributed by atoms with Crippen molar-refractivity contribution in [3.05, 3.63) is 110 Å². The lowest BCUT2D eigenvalue weighted by molar-refractivity contribution is -0.384. The van der Waals surface area contributed by atoms with E-state index in [1.807, 2.05) is 30.3 Å². The molecule has 0 radical (unpaired) electrons. The first-order valence-electron chi connectivity index (χ1n) is 10.3. The predicted octanol–water partition coefficient (Wildman–Crippen LogP) is 4.67. The molecule has 3 aromatic carbocycles. The second kappa shape index (κ2) is 9.37. The van der Waals surface area contributed by atoms with Crippen LogP contribution in [0.2, 0.25) is 0 Å². The van der Waals surface area contributed by atoms with Crippen molar-refractivity contribution < 1.29 is 14.5 Å². The minimum Gasteiger partial charge on any atom is -0.465 e. The third-order valence-electron chi connectivity index (χ3n) is 5.23. The van der Waals surface area contributed by atoms with Gasteiger partial charge in [0.2, 0.25) is 0 Å². The molecule has 0 amide bonds. The van der Waals surface area contributed by atoms with Gasteiger partial charge in [-0.25, -0.2) is 9.48 Å². The first-order chi connectivity index (χ1) is 16.4. The summed E-state index contributed by atoms with van der Waals surface area (Å²) in [6, 6.07) is 21.6. The van der Waals surface area contributed by atoms with Crippen LogP contribution in [0.25, 0.3) is 16.9 Å². The third kappa shape index (κ3) is 4.26. The van der Waals surface area contributed by atoms with Crippen molar-refractivity contribution in [1.82, 2.24) is 9.78 Å². The minimum atomic E-state index is -0.534. The molecule has 4 rings (SSSR count). The molecule has 0 atom stereocenters. The Morgan fingerprint density at radius 3 is 2.29 bits per heavy atom. The number of aromatic amines is 1. The lowest BCUT2D eigenvalue weighted by atomic mass is 10.0. The fraction of sp³-hybridized carbons (Fsp3) is 0.0800. The molecular formula is C25H20N4O5. The van der Waals surface area contributed by atoms with Crippen LogP contribution in [0, 0.1) is 10.1 Å². The van der Waals surface area contributed by atoms with Crippen molar-refractivity contribution in [1.29, 1.82) is 0 Å². The quantitative estimate of drug-likeness (QED) is 0.196. The Morgan fingerprint density at radius 2 is 1.65 bits per heavy atom. The molecule has 9 nitrogen and oxygen atoms in total. The molecule has 9 heteroatoms. The van der Waals surface area contributed by atoms with Gasteiger partial charge in [-0.2, -0.15) is 0 Å². The van der Waals surface area contributed by atoms with Gasteiger partial charge in [0.05, 0.1) is 45.9 Å². The standard InChI is InChI=1S/C25H20N4O5/c1-16(26-21-11-7-6-10-20(21)25(31)34-2)22-23(17-8-4-3-5-9-17)27-28(24(22)30)18-12-14-19(15-13-18)29(32)33/h3-15,27H,1-2H3. The molecule has 0 saturated heterocycles. The van der Waals surface area contributed by atoms with Crippen LogP contribution in [0.1, 0.15) is 22.8 Å². The number of benzene rings is 3. The summed E-state index contributed by atoms with van der Waals surface area (Å²) in [6.45, 7) is 1.69. The van der Waals surface area contributed by atoms with Crippen LogP contribution in [0.15, 0.2) is 88.6 Å². The Kier molecular flexibility index (Phi) is 6.18. The molecule has 0 aliphatic rings. The zero-order chi connectivity index (χ0) is 24.2. The lowest BCUT2D eigenvalue weighted by Crippen LogP contribution is -2.19. The number of para-hydroxylation sites is 1. The number of hydrogen-bond acceptors (Lipinski definition) is 6. The number of aliphatic imine (C=N–C) groups is 1. The van der Waals surface area contributed by atoms with E-state index in [1.54, 1.807) is 31.2 Å². The molecule has 0 bridgehead atoms. The maximum Gasteiger partial charge on any atom is 0.340 e. The molecule has 34 heavy (non-hydrogen) atoms. The molecule has 0 saturated carbocycles. The average Bonchev–Trinajstić information content (AvgIpc) is 3.21. The van der Waals surface area contributed by atoms with Gasteiger partial charge in [-0.3, -0.25) is 25.0 Å². The molecule has 1 heterocycles. The molecular weight excluding hydrogens is 436 g/mol. The summed E-state index contributed by atoms with van der Waals surface area (Å²) in [5, 5.41) is 14.1. The van der Waals surface area contributed by atoms with E-state index in [0.29, 0.717) is 28.3 Å². The molecule has 1 aromatic heterocycles. The van der Waals surface area contributed by atoms with Gasteiger partial charge in [-0.1, -0.05) is 42.5 Å². The van der Waals surface area contributed by atoms with Gasteiger partial charge in [0.15, 0.2) is 0 Å². The number of esters is 1. The van der Waals surface area contributed by atoms with Crippen molar-refractivity contribution in [2.75, 3.05) is 7.11 Å². The number of ether oxygens (including phenoxy) is 1. The zero-order valence-electron chi connectivity index (χ0n) is 18.4. The number of carbonyl (C=O) groups is 1. The first kappa shape index (κ1) is 22.4. The highest BCUT2D eigenvalue weighted by atomic mass is 16.6. The molecule has 0 fully saturated rings. The van der Waals surface area contributed by atoms with Crippen LogP contribution in [0.3, 0.4) is 0 Å². The monoisotopic (exact) mass is 456 g/mol. The second-order valence-electron chi connectivity index (χ2n) is 7.35. The second-order valence-corrected chi connectivity index (χ2v) is 7.35. The number of H-pyrrole nitrogens is 1. The number of nitrogens with one attached hydrogen (secondary N) is 1. The fourth-order valence-corrected chi connectivity index (χ4v) is 3.58. The summed E-state index contributed by atoms with van der Waals surface area (Å²) in [7, 11) is 1.29. The highest BCUT2D eigenvalue weighted by Gasteiger charge is 2.20. The van der Waals surface area contributed by atoms with Crippen LogP contribution >= 0.6 is 0 Å². The molecule has 0 aliphatic carbocycles. The van der Waals surface area contributed by atoms with E-state index >= 15 is 0 Å². The van der Waals surface area contributed by atoms with Crippen LogP contribution in [-0.2, 0) is 4.74 Å². The van der Waals surface area contributed by atoms with Crippen LogP contribution in [0.5, 0.6) is 0 Å². The topological polar surface area (TPSA) is 120 Å². The normalized spacial score (nSPS) is 11.3. The summed E-state index contributed by atoms with van der Waals surface area (Å²) in [5.41, 5.74) is 2.59. The molecule has 0 aliphatic heterocycles. The SMILES string of the molecule is COC(=O)c1ccccc1N=C(C)c1c(-c2ccccc2)[nH]n(-c2ccc([N+](=O)[O-])cc2)c1=O. The van der Waals surface area contributed by atoms with E-state index in [-0.39, 0.29) is 16.8 Å². The number of nitrogens with zero attached hydrogens (tertiary/aromatic N) is 3. The third-order valence-corrected chi connectivity index (χ3v) is 5.23. The Morgan fingerprint density at radius 1 is 1.00 bits per heavy atom. The predicted molar refractivity (Wildman–Crippen MR) is 128 cm³/mol. The van der Waals surface area contributed by atoms with Crippen molar-refractivity contribution in [3.8, 4) is 16.9 Å². The molecule has 170 valence electrons. The van der Waals surface area contributed by atoms with E-state index in [4.69, 9.17) is 4.74 Å². The largest absolute Gasteiger partial charge is 0.465 e. The summed E-state index contributed by atoms with van der Waals surface area (Å²) in [4.78, 5) is 40.8. The fourth-order valence-electron chi connectivity index (χ4n) is 3.58. The number of hydrogen-bond donors (Lipinski definition) is 1. The summed E-state index contributed by atoms with van der Waals surface area (Å²) < 4.78 is 6.15. The zero-order valence-corrected chi connectivity index (χ0v) is 18.4. The Hall–Kier alpha value is -4.79. The number of nitro benzene ring substituents is 1. The minimum absolute atomic E-state index is 0.0796.